The molecule has 4 aromatic carbocycles. The highest BCUT2D eigenvalue weighted by Crippen LogP contribution is 2.41. The second kappa shape index (κ2) is 16.8. The molecule has 0 spiro atoms. The van der Waals surface area contributed by atoms with Gasteiger partial charge in [-0.15, -0.1) is 11.8 Å². The minimum Gasteiger partial charge on any atom is -0.384 e. The van der Waals surface area contributed by atoms with Crippen LogP contribution in [0, 0.1) is 18.6 Å². The molecule has 1 atom stereocenters. The Balaban J connectivity index is 1.53. The first-order valence-electron chi connectivity index (χ1n) is 22.7. The van der Waals surface area contributed by atoms with Gasteiger partial charge in [-0.3, -0.25) is 4.79 Å². The molecule has 2 aliphatic rings. The minimum absolute atomic E-state index is 0.00114. The Kier molecular flexibility index (Phi) is 7.93. The van der Waals surface area contributed by atoms with Crippen molar-refractivity contribution in [1.82, 2.24) is 9.80 Å². The Morgan fingerprint density at radius 1 is 1.06 bits per heavy atom. The number of aliphatic hydroxyl groups is 1. The van der Waals surface area contributed by atoms with E-state index in [0.717, 1.165) is 23.1 Å². The van der Waals surface area contributed by atoms with Crippen LogP contribution in [-0.2, 0) is 28.0 Å². The van der Waals surface area contributed by atoms with Crippen LogP contribution in [0.1, 0.15) is 64.5 Å². The zero-order valence-corrected chi connectivity index (χ0v) is 29.2. The molecule has 0 aromatic heterocycles. The van der Waals surface area contributed by atoms with Gasteiger partial charge in [-0.05, 0) is 66.7 Å². The molecule has 1 unspecified atom stereocenters. The zero-order valence-electron chi connectivity index (χ0n) is 41.4. The Morgan fingerprint density at radius 3 is 2.40 bits per heavy atom. The molecule has 12 heteroatoms. The van der Waals surface area contributed by atoms with E-state index < -0.39 is 140 Å². The van der Waals surface area contributed by atoms with E-state index in [-0.39, 0.29) is 26.5 Å². The normalized spacial score (nSPS) is 24.9. The maximum absolute atomic E-state index is 15.3. The zero-order chi connectivity index (χ0) is 49.3. The molecule has 53 heavy (non-hydrogen) atoms. The molecular weight excluding hydrogens is 710 g/mol. The fourth-order valence-corrected chi connectivity index (χ4v) is 6.47. The summed E-state index contributed by atoms with van der Waals surface area (Å²) in [5.74, 6) is -4.44. The summed E-state index contributed by atoms with van der Waals surface area (Å²) in [5, 5.41) is 11.0. The van der Waals surface area contributed by atoms with Crippen LogP contribution in [0.5, 0.6) is 0 Å². The summed E-state index contributed by atoms with van der Waals surface area (Å²) in [4.78, 5) is 16.6. The second-order valence-electron chi connectivity index (χ2n) is 11.9. The number of rotatable bonds is 12. The number of fused-ring (bicyclic) bond motifs is 1. The van der Waals surface area contributed by atoms with Crippen molar-refractivity contribution in [3.63, 3.8) is 0 Å². The molecule has 0 radical (unpaired) electrons. The lowest BCUT2D eigenvalue weighted by Crippen LogP contribution is -2.50. The number of piperidine rings is 1. The lowest BCUT2D eigenvalue weighted by atomic mass is 9.99. The molecule has 6 nitrogen and oxygen atoms in total. The number of hydrogen-bond donors (Lipinski definition) is 1. The topological polar surface area (TPSA) is 56.3 Å². The van der Waals surface area contributed by atoms with Crippen molar-refractivity contribution in [2.45, 2.75) is 50.3 Å². The highest BCUT2D eigenvalue weighted by Gasteiger charge is 2.33. The summed E-state index contributed by atoms with van der Waals surface area (Å²) in [6.07, 6.45) is -14.3. The van der Waals surface area contributed by atoms with Gasteiger partial charge in [0.15, 0.2) is 11.6 Å². The van der Waals surface area contributed by atoms with E-state index in [9.17, 15) is 33.9 Å². The maximum atomic E-state index is 15.3. The van der Waals surface area contributed by atoms with E-state index in [1.54, 1.807) is 0 Å². The number of ether oxygens (including phenoxy) is 1. The highest BCUT2D eigenvalue weighted by molar-refractivity contribution is 8.02. The first-order valence-corrected chi connectivity index (χ1v) is 17.1. The summed E-state index contributed by atoms with van der Waals surface area (Å²) in [7, 11) is 1.18. The van der Waals surface area contributed by atoms with Gasteiger partial charge in [0.2, 0.25) is 5.91 Å². The number of nitrogens with zero attached hydrogens (tertiary/aromatic N) is 3. The molecule has 1 amide bonds. The van der Waals surface area contributed by atoms with Gasteiger partial charge in [0.25, 0.3) is 0 Å². The number of hydrogen-bond acceptors (Lipinski definition) is 6. The van der Waals surface area contributed by atoms with Crippen molar-refractivity contribution >= 4 is 23.4 Å². The number of benzene rings is 4. The largest absolute Gasteiger partial charge is 0.416 e. The minimum atomic E-state index is -4.62. The lowest BCUT2D eigenvalue weighted by molar-refractivity contribution is -0.137. The molecular formula is C41H42F5N3O3S. The van der Waals surface area contributed by atoms with Gasteiger partial charge in [-0.1, -0.05) is 66.2 Å². The molecule has 0 saturated carbocycles. The molecule has 6 rings (SSSR count). The summed E-state index contributed by atoms with van der Waals surface area (Å²) in [6, 6.07) is 6.40. The van der Waals surface area contributed by atoms with E-state index in [2.05, 4.69) is 0 Å². The van der Waals surface area contributed by atoms with Crippen molar-refractivity contribution in [2.24, 2.45) is 0 Å². The summed E-state index contributed by atoms with van der Waals surface area (Å²) >= 11 is 0.561. The number of likely N-dealkylation sites (tertiary alicyclic amines) is 1. The number of carbonyl (C=O) groups excluding carboxylic acids is 1. The lowest BCUT2D eigenvalue weighted by Gasteiger charge is -2.40. The third-order valence-electron chi connectivity index (χ3n) is 8.23. The van der Waals surface area contributed by atoms with Crippen LogP contribution in [0.25, 0.3) is 11.1 Å². The Bertz CT molecular complexity index is 2520. The van der Waals surface area contributed by atoms with Gasteiger partial charge in [0, 0.05) is 72.7 Å². The van der Waals surface area contributed by atoms with Gasteiger partial charge >= 0.3 is 6.18 Å². The van der Waals surface area contributed by atoms with Crippen LogP contribution in [0.3, 0.4) is 0 Å². The van der Waals surface area contributed by atoms with E-state index in [1.807, 2.05) is 0 Å². The first-order chi connectivity index (χ1) is 30.5. The number of thioether (sulfide) groups is 1. The van der Waals surface area contributed by atoms with Crippen molar-refractivity contribution in [2.75, 3.05) is 44.7 Å². The first kappa shape index (κ1) is 25.0. The number of anilines is 1. The van der Waals surface area contributed by atoms with Crippen molar-refractivity contribution < 1.29 is 54.4 Å². The molecule has 4 aromatic rings. The highest BCUT2D eigenvalue weighted by atomic mass is 32.2. The van der Waals surface area contributed by atoms with Crippen LogP contribution < -0.4 is 4.90 Å². The number of amides is 1. The number of halogens is 5. The van der Waals surface area contributed by atoms with Crippen molar-refractivity contribution in [1.29, 1.82) is 0 Å². The van der Waals surface area contributed by atoms with E-state index in [1.165, 1.54) is 62.6 Å². The van der Waals surface area contributed by atoms with Crippen LogP contribution in [-0.4, -0.2) is 66.6 Å². The molecule has 0 aliphatic carbocycles. The second-order valence-corrected chi connectivity index (χ2v) is 12.9. The quantitative estimate of drug-likeness (QED) is 0.146. The van der Waals surface area contributed by atoms with Gasteiger partial charge in [0.1, 0.15) is 12.6 Å². The van der Waals surface area contributed by atoms with Gasteiger partial charge in [0.05, 0.1) is 24.1 Å². The summed E-state index contributed by atoms with van der Waals surface area (Å²) in [5.41, 5.74) is -1.53. The Labute approximate surface area is 329 Å². The number of carbonyl (C=O) groups is 1. The smallest absolute Gasteiger partial charge is 0.384 e. The Morgan fingerprint density at radius 2 is 1.74 bits per heavy atom. The molecule has 0 bridgehead atoms. The number of methoxy groups -OCH3 is 1. The van der Waals surface area contributed by atoms with Gasteiger partial charge < -0.3 is 24.5 Å². The van der Waals surface area contributed by atoms with Crippen LogP contribution in [0.15, 0.2) is 95.9 Å². The number of aliphatic hydroxyl groups excluding tert-OH is 1. The molecule has 2 aliphatic heterocycles. The third kappa shape index (κ3) is 9.29. The summed E-state index contributed by atoms with van der Waals surface area (Å²) < 4.78 is 192. The van der Waals surface area contributed by atoms with Gasteiger partial charge in [-0.2, -0.15) is 13.2 Å². The van der Waals surface area contributed by atoms with Crippen molar-refractivity contribution in [3.05, 3.63) is 135 Å². The van der Waals surface area contributed by atoms with Crippen LogP contribution >= 0.6 is 11.8 Å². The summed E-state index contributed by atoms with van der Waals surface area (Å²) in [6.45, 7) is -9.20. The van der Waals surface area contributed by atoms with Gasteiger partial charge in [-0.25, -0.2) is 8.78 Å². The Hall–Kier alpha value is -4.23. The predicted molar refractivity (Wildman–Crippen MR) is 198 cm³/mol. The van der Waals surface area contributed by atoms with E-state index in [4.69, 9.17) is 15.7 Å². The average Bonchev–Trinajstić information content (AvgIpc) is 3.25. The van der Waals surface area contributed by atoms with E-state index >= 15 is 4.79 Å². The van der Waals surface area contributed by atoms with Crippen LogP contribution in [0.2, 0.25) is 0 Å². The fraction of sp³-hybridized carbons (Fsp3) is 0.341. The SMILES string of the molecule is [2H]C1=C(SCc2cccc(F)c2F)N(CC(=O)N(Cc2ccc(-c3ccc(C(F)(F)F)cc3)cc2)C2([2H])C([2H])([2H])C([2H])([2H])N(CCOC)C([2H])([2H])C2([2H])[2H])c2c([2H])c([2H])c(C)c([2H])c2C1O. The fourth-order valence-electron chi connectivity index (χ4n) is 5.45. The monoisotopic (exact) mass is 764 g/mol. The average molecular weight is 765 g/mol. The maximum Gasteiger partial charge on any atom is 0.416 e. The molecule has 1 saturated heterocycles. The molecule has 2 heterocycles. The molecule has 280 valence electrons. The number of alkyl halides is 3. The van der Waals surface area contributed by atoms with Crippen molar-refractivity contribution in [3.8, 4) is 11.1 Å². The standard InChI is InChI=1S/C41H42F5N3O3S/c1-27-6-15-36-34(22-27)37(50)23-39(53-26-31-4-3-5-35(42)40(31)43)49(36)25-38(51)48(33-16-18-47(19-17-33)20-21-52-2)24-28-7-9-29(10-8-28)30-11-13-32(14-12-30)41(44,45)46/h3-15,22-23,33,37,50H,16-21,24-26H2,1-2H3/i6D,15D,16D2,17D2,18D2,19D2,22D,23D,33D. The molecule has 1 fully saturated rings. The molecule has 1 N–H and O–H groups in total. The van der Waals surface area contributed by atoms with Crippen LogP contribution in [0.4, 0.5) is 27.6 Å². The van der Waals surface area contributed by atoms with E-state index in [0.29, 0.717) is 22.9 Å². The third-order valence-corrected chi connectivity index (χ3v) is 9.30. The predicted octanol–water partition coefficient (Wildman–Crippen LogP) is 8.73.